The first-order valence-electron chi connectivity index (χ1n) is 19.3. The third kappa shape index (κ3) is 12.0. The van der Waals surface area contributed by atoms with E-state index in [-0.39, 0.29) is 54.3 Å². The zero-order valence-electron chi connectivity index (χ0n) is 32.7. The molecule has 1 aromatic heterocycles. The standard InChI is InChI=1S/C42H46N6O7.C2H6/c1-47(40(53)21-24-48-22-19-31(20-23-48)55-42(54)45-35-10-6-5-9-32(35)29-7-3-2-4-8-29)27-39(52)44-30-13-11-28(12-14-30)25-43-26-37(50)33-15-17-36(49)41-34(33)16-18-38(51)46-41;1-2/h2-18,31,37,43,49-50H,19-27H2,1H3,(H,44,52)(H,45,54)(H,46,51);1-2H3/t37-;/m0./s1. The maximum atomic E-state index is 12.9. The molecule has 57 heavy (non-hydrogen) atoms. The first-order chi connectivity index (χ1) is 27.6. The monoisotopic (exact) mass is 776 g/mol. The second kappa shape index (κ2) is 20.8. The minimum Gasteiger partial charge on any atom is -0.506 e. The second-order valence-electron chi connectivity index (χ2n) is 13.7. The molecule has 0 aliphatic carbocycles. The molecule has 4 aromatic carbocycles. The Morgan fingerprint density at radius 3 is 2.33 bits per heavy atom. The zero-order valence-corrected chi connectivity index (χ0v) is 32.7. The van der Waals surface area contributed by atoms with Crippen LogP contribution >= 0.6 is 0 Å². The number of hydrogen-bond acceptors (Lipinski definition) is 9. The van der Waals surface area contributed by atoms with Gasteiger partial charge in [0.05, 0.1) is 23.9 Å². The minimum atomic E-state index is -0.880. The largest absolute Gasteiger partial charge is 0.506 e. The van der Waals surface area contributed by atoms with Crippen molar-refractivity contribution < 1.29 is 29.3 Å². The number of aromatic hydroxyl groups is 1. The molecule has 1 saturated heterocycles. The number of aromatic amines is 1. The number of likely N-dealkylation sites (N-methyl/N-ethyl adjacent to an activating group) is 1. The first kappa shape index (κ1) is 42.1. The fraction of sp³-hybridized carbons (Fsp3) is 0.318. The number of piperidine rings is 1. The molecule has 300 valence electrons. The Bertz CT molecular complexity index is 2150. The Balaban J connectivity index is 0.00000305. The van der Waals surface area contributed by atoms with Gasteiger partial charge in [-0.2, -0.15) is 0 Å². The SMILES string of the molecule is CC.CN(CC(=O)Nc1ccc(CNC[C@H](O)c2ccc(O)c3[nH]c(=O)ccc23)cc1)C(=O)CCN1CCC(OC(=O)Nc2ccccc2-c2ccccc2)CC1. The smallest absolute Gasteiger partial charge is 0.411 e. The Morgan fingerprint density at radius 2 is 1.60 bits per heavy atom. The molecule has 0 bridgehead atoms. The molecule has 6 rings (SSSR count). The van der Waals surface area contributed by atoms with Crippen molar-refractivity contribution in [2.75, 3.05) is 50.4 Å². The number of amides is 3. The van der Waals surface area contributed by atoms with Crippen molar-refractivity contribution in [3.8, 4) is 16.9 Å². The van der Waals surface area contributed by atoms with Gasteiger partial charge < -0.3 is 40.4 Å². The summed E-state index contributed by atoms with van der Waals surface area (Å²) in [5.41, 5.74) is 4.65. The van der Waals surface area contributed by atoms with Gasteiger partial charge >= 0.3 is 6.09 Å². The highest BCUT2D eigenvalue weighted by atomic mass is 16.6. The van der Waals surface area contributed by atoms with Crippen LogP contribution in [-0.4, -0.2) is 88.8 Å². The molecule has 1 aliphatic rings. The zero-order chi connectivity index (χ0) is 40.7. The molecule has 1 aliphatic heterocycles. The summed E-state index contributed by atoms with van der Waals surface area (Å²) in [5.74, 6) is -0.513. The Morgan fingerprint density at radius 1 is 0.895 bits per heavy atom. The lowest BCUT2D eigenvalue weighted by atomic mass is 10.0. The summed E-state index contributed by atoms with van der Waals surface area (Å²) in [7, 11) is 1.61. The van der Waals surface area contributed by atoms with Crippen molar-refractivity contribution in [3.63, 3.8) is 0 Å². The number of benzene rings is 4. The number of aromatic nitrogens is 1. The predicted octanol–water partition coefficient (Wildman–Crippen LogP) is 6.25. The van der Waals surface area contributed by atoms with Gasteiger partial charge in [0.1, 0.15) is 11.9 Å². The normalized spacial score (nSPS) is 13.5. The fourth-order valence-electron chi connectivity index (χ4n) is 6.67. The Labute approximate surface area is 332 Å². The molecule has 2 heterocycles. The molecule has 0 spiro atoms. The number of nitrogens with zero attached hydrogens (tertiary/aromatic N) is 2. The molecule has 1 atom stereocenters. The number of phenols is 1. The van der Waals surface area contributed by atoms with Crippen LogP contribution in [0.2, 0.25) is 0 Å². The summed E-state index contributed by atoms with van der Waals surface area (Å²) in [6.07, 6.45) is 0.0167. The summed E-state index contributed by atoms with van der Waals surface area (Å²) < 4.78 is 5.73. The fourth-order valence-corrected chi connectivity index (χ4v) is 6.67. The molecule has 0 saturated carbocycles. The van der Waals surface area contributed by atoms with Crippen LogP contribution in [0.4, 0.5) is 16.2 Å². The van der Waals surface area contributed by atoms with Gasteiger partial charge in [-0.1, -0.05) is 80.6 Å². The number of likely N-dealkylation sites (tertiary alicyclic amines) is 1. The number of carbonyl (C=O) groups is 3. The number of rotatable bonds is 14. The van der Waals surface area contributed by atoms with E-state index in [2.05, 4.69) is 25.8 Å². The Kier molecular flexibility index (Phi) is 15.4. The van der Waals surface area contributed by atoms with E-state index in [4.69, 9.17) is 4.74 Å². The number of carbonyl (C=O) groups excluding carboxylic acids is 3. The third-order valence-corrected chi connectivity index (χ3v) is 9.68. The summed E-state index contributed by atoms with van der Waals surface area (Å²) in [4.78, 5) is 56.2. The van der Waals surface area contributed by atoms with Gasteiger partial charge in [0.2, 0.25) is 17.4 Å². The van der Waals surface area contributed by atoms with E-state index in [1.807, 2.05) is 80.6 Å². The first-order valence-corrected chi connectivity index (χ1v) is 19.3. The van der Waals surface area contributed by atoms with E-state index >= 15 is 0 Å². The van der Waals surface area contributed by atoms with Crippen molar-refractivity contribution in [2.24, 2.45) is 0 Å². The topological polar surface area (TPSA) is 176 Å². The lowest BCUT2D eigenvalue weighted by Crippen LogP contribution is -2.41. The number of ether oxygens (including phenoxy) is 1. The van der Waals surface area contributed by atoms with Crippen molar-refractivity contribution in [3.05, 3.63) is 125 Å². The lowest BCUT2D eigenvalue weighted by molar-refractivity contribution is -0.133. The van der Waals surface area contributed by atoms with Crippen LogP contribution in [0, 0.1) is 0 Å². The maximum Gasteiger partial charge on any atom is 0.411 e. The predicted molar refractivity (Wildman–Crippen MR) is 223 cm³/mol. The summed E-state index contributed by atoms with van der Waals surface area (Å²) in [5, 5.41) is 30.4. The number of phenolic OH excluding ortho intramolecular Hbond substituents is 1. The molecule has 5 aromatic rings. The molecule has 0 unspecified atom stereocenters. The van der Waals surface area contributed by atoms with Crippen molar-refractivity contribution >= 4 is 40.2 Å². The second-order valence-corrected chi connectivity index (χ2v) is 13.7. The van der Waals surface area contributed by atoms with Crippen LogP contribution in [0.25, 0.3) is 22.0 Å². The van der Waals surface area contributed by atoms with Gasteiger partial charge in [0.25, 0.3) is 0 Å². The van der Waals surface area contributed by atoms with E-state index in [0.29, 0.717) is 61.3 Å². The highest BCUT2D eigenvalue weighted by Crippen LogP contribution is 2.29. The number of aliphatic hydroxyl groups excluding tert-OH is 1. The number of hydrogen-bond donors (Lipinski definition) is 6. The van der Waals surface area contributed by atoms with Crippen LogP contribution < -0.4 is 21.5 Å². The maximum absolute atomic E-state index is 12.9. The van der Waals surface area contributed by atoms with Gasteiger partial charge in [-0.15, -0.1) is 0 Å². The summed E-state index contributed by atoms with van der Waals surface area (Å²) >= 11 is 0. The quantitative estimate of drug-likeness (QED) is 0.0762. The van der Waals surface area contributed by atoms with Crippen molar-refractivity contribution in [2.45, 2.75) is 51.9 Å². The molecule has 1 fully saturated rings. The van der Waals surface area contributed by atoms with Crippen LogP contribution in [0.15, 0.2) is 108 Å². The molecule has 13 nitrogen and oxygen atoms in total. The summed E-state index contributed by atoms with van der Waals surface area (Å²) in [6.45, 7) is 6.54. The van der Waals surface area contributed by atoms with Crippen LogP contribution in [0.5, 0.6) is 5.75 Å². The number of anilines is 2. The lowest BCUT2D eigenvalue weighted by Gasteiger charge is -2.31. The van der Waals surface area contributed by atoms with Crippen LogP contribution in [0.3, 0.4) is 0 Å². The van der Waals surface area contributed by atoms with E-state index < -0.39 is 12.2 Å². The van der Waals surface area contributed by atoms with Gasteiger partial charge in [-0.05, 0) is 59.9 Å². The number of pyridine rings is 1. The molecular formula is C44H52N6O7. The van der Waals surface area contributed by atoms with Gasteiger partial charge in [0.15, 0.2) is 0 Å². The van der Waals surface area contributed by atoms with E-state index in [9.17, 15) is 29.4 Å². The molecule has 13 heteroatoms. The van der Waals surface area contributed by atoms with Gasteiger partial charge in [0, 0.05) is 68.9 Å². The van der Waals surface area contributed by atoms with Crippen molar-refractivity contribution in [1.82, 2.24) is 20.1 Å². The third-order valence-electron chi connectivity index (χ3n) is 9.68. The van der Waals surface area contributed by atoms with E-state index in [0.717, 1.165) is 16.7 Å². The van der Waals surface area contributed by atoms with Crippen molar-refractivity contribution in [1.29, 1.82) is 0 Å². The van der Waals surface area contributed by atoms with Gasteiger partial charge in [-0.3, -0.25) is 19.7 Å². The number of aliphatic hydroxyl groups is 1. The summed E-state index contributed by atoms with van der Waals surface area (Å²) in [6, 6.07) is 30.7. The molecule has 3 amide bonds. The molecule has 0 radical (unpaired) electrons. The minimum absolute atomic E-state index is 0.0664. The van der Waals surface area contributed by atoms with E-state index in [1.165, 1.54) is 17.0 Å². The highest BCUT2D eigenvalue weighted by Gasteiger charge is 2.24. The average Bonchev–Trinajstić information content (AvgIpc) is 3.22. The molecule has 6 N–H and O–H groups in total. The van der Waals surface area contributed by atoms with E-state index in [1.54, 1.807) is 31.3 Å². The highest BCUT2D eigenvalue weighted by molar-refractivity contribution is 5.94. The van der Waals surface area contributed by atoms with Crippen LogP contribution in [0.1, 0.15) is 50.3 Å². The number of fused-ring (bicyclic) bond motifs is 1. The number of nitrogens with one attached hydrogen (secondary N) is 4. The number of para-hydroxylation sites is 1. The van der Waals surface area contributed by atoms with Gasteiger partial charge in [-0.25, -0.2) is 4.79 Å². The average molecular weight is 777 g/mol. The number of H-pyrrole nitrogens is 1. The molecular weight excluding hydrogens is 725 g/mol. The Hall–Kier alpha value is -6.02. The van der Waals surface area contributed by atoms with Crippen LogP contribution in [-0.2, 0) is 20.9 Å².